The molecule has 108 valence electrons. The molecule has 0 aromatic heterocycles. The third-order valence-corrected chi connectivity index (χ3v) is 1.02. The Morgan fingerprint density at radius 2 is 0.667 bits per heavy atom. The third kappa shape index (κ3) is 45.1. The van der Waals surface area contributed by atoms with E-state index in [0.29, 0.717) is 0 Å². The molecule has 0 amide bonds. The molecule has 3 N–H and O–H groups in total. The zero-order valence-corrected chi connectivity index (χ0v) is 22.4. The molecule has 0 spiro atoms. The minimum atomic E-state index is -1.44. The summed E-state index contributed by atoms with van der Waals surface area (Å²) in [6, 6.07) is 0. The van der Waals surface area contributed by atoms with Crippen molar-refractivity contribution in [1.29, 1.82) is 0 Å². The molecule has 0 aliphatic heterocycles. The summed E-state index contributed by atoms with van der Waals surface area (Å²) < 4.78 is 0. The quantitative estimate of drug-likeness (QED) is 0.398. The van der Waals surface area contributed by atoms with Crippen molar-refractivity contribution in [2.45, 2.75) is 39.1 Å². The maximum absolute atomic E-state index is 9.34. The van der Waals surface area contributed by atoms with Crippen molar-refractivity contribution >= 4 is 17.9 Å². The van der Waals surface area contributed by atoms with Gasteiger partial charge in [-0.05, 0) is 20.8 Å². The zero-order valence-electron chi connectivity index (χ0n) is 13.0. The molecule has 0 aliphatic carbocycles. The van der Waals surface area contributed by atoms with E-state index in [4.69, 9.17) is 15.3 Å². The average molecular weight is 385 g/mol. The number of hydrogen-bond donors (Lipinski definition) is 3. The van der Waals surface area contributed by atoms with Gasteiger partial charge in [0.1, 0.15) is 0 Å². The normalized spacial score (nSPS) is 11.7. The van der Waals surface area contributed by atoms with Crippen molar-refractivity contribution in [3.8, 4) is 0 Å². The third-order valence-electron chi connectivity index (χ3n) is 1.02. The van der Waals surface area contributed by atoms with Gasteiger partial charge in [0, 0.05) is 0 Å². The van der Waals surface area contributed by atoms with Gasteiger partial charge in [-0.15, -0.1) is 0 Å². The monoisotopic (exact) mass is 384 g/mol. The van der Waals surface area contributed by atoms with Crippen molar-refractivity contribution < 1.29 is 199 Å². The van der Waals surface area contributed by atoms with Crippen LogP contribution in [0.4, 0.5) is 0 Å². The first-order valence-corrected chi connectivity index (χ1v) is 4.60. The smallest absolute Gasteiger partial charge is 0.547 e. The Labute approximate surface area is 250 Å². The SMILES string of the molecule is C[C@H](O)C(=O)[O-].C[C@H](O)C(=O)[O-].C[C@H](O)C(=O)[O-].[K+].[K+].[K+]. The van der Waals surface area contributed by atoms with Crippen LogP contribution in [0.1, 0.15) is 20.8 Å². The Kier molecular flexibility index (Phi) is 47.6. The number of aliphatic hydroxyl groups is 3. The zero-order chi connectivity index (χ0) is 15.5. The van der Waals surface area contributed by atoms with Gasteiger partial charge in [-0.1, -0.05) is 0 Å². The van der Waals surface area contributed by atoms with Crippen molar-refractivity contribution in [3.63, 3.8) is 0 Å². The van der Waals surface area contributed by atoms with Gasteiger partial charge in [0.15, 0.2) is 0 Å². The van der Waals surface area contributed by atoms with Gasteiger partial charge in [-0.25, -0.2) is 0 Å². The molecule has 0 bridgehead atoms. The molecule has 0 saturated heterocycles. The van der Waals surface area contributed by atoms with E-state index in [1.165, 1.54) is 0 Å². The first-order valence-electron chi connectivity index (χ1n) is 4.60. The largest absolute Gasteiger partial charge is 1.00 e. The second-order valence-electron chi connectivity index (χ2n) is 2.99. The molecule has 9 nitrogen and oxygen atoms in total. The maximum atomic E-state index is 9.34. The molecule has 0 rings (SSSR count). The molecule has 0 saturated carbocycles. The predicted octanol–water partition coefficient (Wildman–Crippen LogP) is -14.6. The molecule has 0 radical (unpaired) electrons. The van der Waals surface area contributed by atoms with E-state index in [9.17, 15) is 29.7 Å². The molecule has 0 unspecified atom stereocenters. The minimum absolute atomic E-state index is 0. The molecular weight excluding hydrogens is 369 g/mol. The van der Waals surface area contributed by atoms with Crippen LogP contribution in [0.5, 0.6) is 0 Å². The molecule has 0 fully saturated rings. The summed E-state index contributed by atoms with van der Waals surface area (Å²) >= 11 is 0. The Bertz CT molecular complexity index is 226. The van der Waals surface area contributed by atoms with Crippen LogP contribution in [0.15, 0.2) is 0 Å². The van der Waals surface area contributed by atoms with Crippen molar-refractivity contribution in [1.82, 2.24) is 0 Å². The van der Waals surface area contributed by atoms with Crippen LogP contribution in [0.2, 0.25) is 0 Å². The van der Waals surface area contributed by atoms with E-state index in [0.717, 1.165) is 20.8 Å². The predicted molar refractivity (Wildman–Crippen MR) is 50.1 cm³/mol. The van der Waals surface area contributed by atoms with Gasteiger partial charge in [-0.3, -0.25) is 0 Å². The van der Waals surface area contributed by atoms with Crippen LogP contribution in [0.25, 0.3) is 0 Å². The van der Waals surface area contributed by atoms with Gasteiger partial charge in [-0.2, -0.15) is 0 Å². The van der Waals surface area contributed by atoms with E-state index in [-0.39, 0.29) is 154 Å². The van der Waals surface area contributed by atoms with Crippen molar-refractivity contribution in [2.75, 3.05) is 0 Å². The van der Waals surface area contributed by atoms with Gasteiger partial charge in [0.05, 0.1) is 36.2 Å². The second kappa shape index (κ2) is 25.4. The minimum Gasteiger partial charge on any atom is -0.547 e. The van der Waals surface area contributed by atoms with E-state index < -0.39 is 36.2 Å². The molecule has 0 aliphatic rings. The summed E-state index contributed by atoms with van der Waals surface area (Å²) in [4.78, 5) is 28.0. The first-order chi connectivity index (χ1) is 7.93. The van der Waals surface area contributed by atoms with Crippen LogP contribution in [-0.4, -0.2) is 51.5 Å². The number of aliphatic hydroxyl groups excluding tert-OH is 3. The van der Waals surface area contributed by atoms with Crippen LogP contribution in [0.3, 0.4) is 0 Å². The molecule has 12 heteroatoms. The Morgan fingerprint density at radius 3 is 0.667 bits per heavy atom. The van der Waals surface area contributed by atoms with Gasteiger partial charge >= 0.3 is 154 Å². The number of carbonyl (C=O) groups is 3. The summed E-state index contributed by atoms with van der Waals surface area (Å²) in [6.45, 7) is 3.40. The number of carbonyl (C=O) groups excluding carboxylic acids is 3. The van der Waals surface area contributed by atoms with Gasteiger partial charge in [0.2, 0.25) is 0 Å². The molecule has 0 heterocycles. The molecule has 21 heavy (non-hydrogen) atoms. The van der Waals surface area contributed by atoms with Crippen molar-refractivity contribution in [3.05, 3.63) is 0 Å². The number of aliphatic carboxylic acids is 3. The fraction of sp³-hybridized carbons (Fsp3) is 0.667. The van der Waals surface area contributed by atoms with E-state index in [1.807, 2.05) is 0 Å². The molecular formula is C9H15K3O9. The van der Waals surface area contributed by atoms with Crippen LogP contribution >= 0.6 is 0 Å². The number of carboxylic acid groups (broad SMARTS) is 3. The number of rotatable bonds is 3. The molecule has 0 aromatic carbocycles. The van der Waals surface area contributed by atoms with Gasteiger partial charge in [0.25, 0.3) is 0 Å². The summed E-state index contributed by atoms with van der Waals surface area (Å²) in [6.07, 6.45) is -4.03. The average Bonchev–Trinajstić information content (AvgIpc) is 2.18. The topological polar surface area (TPSA) is 181 Å². The van der Waals surface area contributed by atoms with Crippen LogP contribution in [-0.2, 0) is 14.4 Å². The first kappa shape index (κ1) is 39.3. The van der Waals surface area contributed by atoms with Crippen LogP contribution < -0.4 is 169 Å². The van der Waals surface area contributed by atoms with Crippen LogP contribution in [0, 0.1) is 0 Å². The number of hydrogen-bond acceptors (Lipinski definition) is 9. The van der Waals surface area contributed by atoms with E-state index in [2.05, 4.69) is 0 Å². The van der Waals surface area contributed by atoms with Gasteiger partial charge < -0.3 is 45.0 Å². The fourth-order valence-corrected chi connectivity index (χ4v) is 0. The summed E-state index contributed by atoms with van der Waals surface area (Å²) in [5, 5.41) is 51.9. The summed E-state index contributed by atoms with van der Waals surface area (Å²) in [7, 11) is 0. The Morgan fingerprint density at radius 1 is 0.619 bits per heavy atom. The fourth-order valence-electron chi connectivity index (χ4n) is 0. The van der Waals surface area contributed by atoms with E-state index >= 15 is 0 Å². The summed E-state index contributed by atoms with van der Waals surface area (Å²) in [5.41, 5.74) is 0. The Hall–Kier alpha value is 3.20. The second-order valence-corrected chi connectivity index (χ2v) is 2.99. The van der Waals surface area contributed by atoms with E-state index in [1.54, 1.807) is 0 Å². The molecule has 0 aromatic rings. The standard InChI is InChI=1S/3C3H6O3.3K/c3*1-2(4)3(5)6;;;/h3*2,4H,1H3,(H,5,6);;;/q;;;3*+1/p-3/t3*2-;;;/m000.../s1. The number of carboxylic acids is 3. The Balaban J connectivity index is -0.0000000375. The molecule has 3 atom stereocenters. The van der Waals surface area contributed by atoms with Crippen molar-refractivity contribution in [2.24, 2.45) is 0 Å². The summed E-state index contributed by atoms with van der Waals surface area (Å²) in [5.74, 6) is -4.31. The maximum Gasteiger partial charge on any atom is 1.00 e.